The molecule has 0 spiro atoms. The van der Waals surface area contributed by atoms with Crippen LogP contribution in [0.3, 0.4) is 0 Å². The van der Waals surface area contributed by atoms with E-state index in [1.165, 1.54) is 9.87 Å². The van der Waals surface area contributed by atoms with Gasteiger partial charge in [0.1, 0.15) is 5.76 Å². The molecule has 2 heterocycles. The zero-order valence-electron chi connectivity index (χ0n) is 11.9. The smallest absolute Gasteiger partial charge is 0.243 e. The molecule has 1 N–H and O–H groups in total. The molecule has 21 heavy (non-hydrogen) atoms. The van der Waals surface area contributed by atoms with Crippen molar-refractivity contribution in [3.63, 3.8) is 0 Å². The highest BCUT2D eigenvalue weighted by atomic mass is 32.2. The summed E-state index contributed by atoms with van der Waals surface area (Å²) in [6.45, 7) is 3.33. The molecule has 3 rings (SSSR count). The molecule has 1 aromatic heterocycles. The van der Waals surface area contributed by atoms with Crippen molar-refractivity contribution in [3.05, 3.63) is 47.9 Å². The van der Waals surface area contributed by atoms with Crippen LogP contribution in [0.1, 0.15) is 18.2 Å². The predicted molar refractivity (Wildman–Crippen MR) is 80.6 cm³/mol. The van der Waals surface area contributed by atoms with Crippen molar-refractivity contribution >= 4 is 15.7 Å². The molecule has 5 nitrogen and oxygen atoms in total. The number of nitrogens with one attached hydrogen (secondary N) is 1. The average molecular weight is 306 g/mol. The Morgan fingerprint density at radius 3 is 2.90 bits per heavy atom. The second kappa shape index (κ2) is 5.54. The van der Waals surface area contributed by atoms with Gasteiger partial charge >= 0.3 is 0 Å². The SMILES string of the molecule is CCN(Cc1ccco1)S(=O)(=O)c1ccc2c(c1)NCC2. The fourth-order valence-electron chi connectivity index (χ4n) is 2.52. The maximum atomic E-state index is 12.7. The average Bonchev–Trinajstić information content (AvgIpc) is 3.14. The lowest BCUT2D eigenvalue weighted by Gasteiger charge is -2.19. The third kappa shape index (κ3) is 2.69. The van der Waals surface area contributed by atoms with Gasteiger partial charge in [-0.15, -0.1) is 0 Å². The molecule has 1 aliphatic heterocycles. The summed E-state index contributed by atoms with van der Waals surface area (Å²) in [5.41, 5.74) is 2.09. The Labute approximate surface area is 124 Å². The molecule has 0 amide bonds. The number of hydrogen-bond donors (Lipinski definition) is 1. The van der Waals surface area contributed by atoms with E-state index in [9.17, 15) is 8.42 Å². The number of benzene rings is 1. The van der Waals surface area contributed by atoms with Crippen LogP contribution < -0.4 is 5.32 Å². The third-order valence-electron chi connectivity index (χ3n) is 3.69. The molecular weight excluding hydrogens is 288 g/mol. The van der Waals surface area contributed by atoms with Crippen LogP contribution in [-0.2, 0) is 23.0 Å². The summed E-state index contributed by atoms with van der Waals surface area (Å²) in [6, 6.07) is 8.84. The van der Waals surface area contributed by atoms with Crippen molar-refractivity contribution < 1.29 is 12.8 Å². The van der Waals surface area contributed by atoms with E-state index in [2.05, 4.69) is 5.32 Å². The Balaban J connectivity index is 1.91. The zero-order valence-corrected chi connectivity index (χ0v) is 12.7. The molecule has 0 saturated carbocycles. The van der Waals surface area contributed by atoms with Crippen molar-refractivity contribution in [2.24, 2.45) is 0 Å². The maximum Gasteiger partial charge on any atom is 0.243 e. The van der Waals surface area contributed by atoms with Crippen molar-refractivity contribution in [2.75, 3.05) is 18.4 Å². The van der Waals surface area contributed by atoms with E-state index in [1.807, 2.05) is 13.0 Å². The minimum atomic E-state index is -3.52. The largest absolute Gasteiger partial charge is 0.468 e. The van der Waals surface area contributed by atoms with Gasteiger partial charge in [-0.25, -0.2) is 8.42 Å². The van der Waals surface area contributed by atoms with Crippen molar-refractivity contribution in [1.82, 2.24) is 4.31 Å². The molecule has 0 fully saturated rings. The number of anilines is 1. The summed E-state index contributed by atoms with van der Waals surface area (Å²) >= 11 is 0. The number of hydrogen-bond acceptors (Lipinski definition) is 4. The van der Waals surface area contributed by atoms with Gasteiger partial charge in [-0.3, -0.25) is 0 Å². The van der Waals surface area contributed by atoms with Gasteiger partial charge in [0.05, 0.1) is 17.7 Å². The van der Waals surface area contributed by atoms with Crippen LogP contribution >= 0.6 is 0 Å². The Kier molecular flexibility index (Phi) is 3.73. The molecule has 0 radical (unpaired) electrons. The van der Waals surface area contributed by atoms with Crippen molar-refractivity contribution in [3.8, 4) is 0 Å². The summed E-state index contributed by atoms with van der Waals surface area (Å²) < 4.78 is 32.2. The molecule has 0 atom stereocenters. The molecular formula is C15H18N2O3S. The minimum absolute atomic E-state index is 0.246. The first-order chi connectivity index (χ1) is 10.1. The maximum absolute atomic E-state index is 12.7. The Bertz CT molecular complexity index is 723. The van der Waals surface area contributed by atoms with E-state index < -0.39 is 10.0 Å². The van der Waals surface area contributed by atoms with Crippen LogP contribution in [0.2, 0.25) is 0 Å². The van der Waals surface area contributed by atoms with Crippen molar-refractivity contribution in [1.29, 1.82) is 0 Å². The van der Waals surface area contributed by atoms with Gasteiger partial charge < -0.3 is 9.73 Å². The Morgan fingerprint density at radius 2 is 2.19 bits per heavy atom. The second-order valence-electron chi connectivity index (χ2n) is 5.01. The number of nitrogens with zero attached hydrogens (tertiary/aromatic N) is 1. The molecule has 0 aliphatic carbocycles. The van der Waals surface area contributed by atoms with E-state index in [0.717, 1.165) is 18.7 Å². The molecule has 112 valence electrons. The summed E-state index contributed by atoms with van der Waals surface area (Å²) in [5.74, 6) is 0.639. The number of fused-ring (bicyclic) bond motifs is 1. The van der Waals surface area contributed by atoms with Crippen LogP contribution in [0.5, 0.6) is 0 Å². The standard InChI is InChI=1S/C15H18N2O3S/c1-2-17(11-13-4-3-9-20-13)21(18,19)14-6-5-12-7-8-16-15(12)10-14/h3-6,9-10,16H,2,7-8,11H2,1H3. The van der Waals surface area contributed by atoms with E-state index in [-0.39, 0.29) is 6.54 Å². The fourth-order valence-corrected chi connectivity index (χ4v) is 3.96. The molecule has 0 bridgehead atoms. The second-order valence-corrected chi connectivity index (χ2v) is 6.94. The number of sulfonamides is 1. The highest BCUT2D eigenvalue weighted by Gasteiger charge is 2.25. The first-order valence-corrected chi connectivity index (χ1v) is 8.44. The van der Waals surface area contributed by atoms with Crippen LogP contribution in [-0.4, -0.2) is 25.8 Å². The van der Waals surface area contributed by atoms with Gasteiger partial charge in [0, 0.05) is 18.8 Å². The number of rotatable bonds is 5. The summed E-state index contributed by atoms with van der Waals surface area (Å²) in [5, 5.41) is 3.21. The quantitative estimate of drug-likeness (QED) is 0.921. The lowest BCUT2D eigenvalue weighted by molar-refractivity contribution is 0.375. The summed E-state index contributed by atoms with van der Waals surface area (Å²) in [6.07, 6.45) is 2.49. The zero-order chi connectivity index (χ0) is 14.9. The van der Waals surface area contributed by atoms with Gasteiger partial charge in [-0.05, 0) is 36.2 Å². The van der Waals surface area contributed by atoms with Gasteiger partial charge in [0.2, 0.25) is 10.0 Å². The van der Waals surface area contributed by atoms with Crippen LogP contribution in [0, 0.1) is 0 Å². The van der Waals surface area contributed by atoms with Crippen LogP contribution in [0.25, 0.3) is 0 Å². The lowest BCUT2D eigenvalue weighted by Crippen LogP contribution is -2.30. The first-order valence-electron chi connectivity index (χ1n) is 7.00. The van der Waals surface area contributed by atoms with Crippen LogP contribution in [0.4, 0.5) is 5.69 Å². The normalized spacial score (nSPS) is 14.2. The van der Waals surface area contributed by atoms with E-state index in [4.69, 9.17) is 4.42 Å². The molecule has 1 aromatic carbocycles. The highest BCUT2D eigenvalue weighted by Crippen LogP contribution is 2.27. The van der Waals surface area contributed by atoms with Gasteiger partial charge in [0.15, 0.2) is 0 Å². The predicted octanol–water partition coefficient (Wildman–Crippen LogP) is 2.46. The molecule has 1 aliphatic rings. The van der Waals surface area contributed by atoms with Crippen LogP contribution in [0.15, 0.2) is 45.9 Å². The van der Waals surface area contributed by atoms with E-state index in [1.54, 1.807) is 30.5 Å². The van der Waals surface area contributed by atoms with Gasteiger partial charge in [-0.2, -0.15) is 4.31 Å². The van der Waals surface area contributed by atoms with E-state index in [0.29, 0.717) is 17.2 Å². The monoisotopic (exact) mass is 306 g/mol. The summed E-state index contributed by atoms with van der Waals surface area (Å²) in [4.78, 5) is 0.323. The molecule has 6 heteroatoms. The van der Waals surface area contributed by atoms with Gasteiger partial charge in [0.25, 0.3) is 0 Å². The van der Waals surface area contributed by atoms with E-state index >= 15 is 0 Å². The Hall–Kier alpha value is -1.79. The fraction of sp³-hybridized carbons (Fsp3) is 0.333. The lowest BCUT2D eigenvalue weighted by atomic mass is 10.2. The topological polar surface area (TPSA) is 62.6 Å². The highest BCUT2D eigenvalue weighted by molar-refractivity contribution is 7.89. The third-order valence-corrected chi connectivity index (χ3v) is 5.61. The van der Waals surface area contributed by atoms with Gasteiger partial charge in [-0.1, -0.05) is 13.0 Å². The first kappa shape index (κ1) is 14.2. The molecule has 0 saturated heterocycles. The molecule has 2 aromatic rings. The number of furan rings is 1. The van der Waals surface area contributed by atoms with Crippen molar-refractivity contribution in [2.45, 2.75) is 24.8 Å². The summed E-state index contributed by atoms with van der Waals surface area (Å²) in [7, 11) is -3.52. The Morgan fingerprint density at radius 1 is 1.33 bits per heavy atom. The molecule has 0 unspecified atom stereocenters. The minimum Gasteiger partial charge on any atom is -0.468 e.